The van der Waals surface area contributed by atoms with Gasteiger partial charge in [0, 0.05) is 11.8 Å². The van der Waals surface area contributed by atoms with Crippen molar-refractivity contribution in [3.05, 3.63) is 40.6 Å². The van der Waals surface area contributed by atoms with E-state index in [1.165, 1.54) is 4.90 Å². The minimum Gasteiger partial charge on any atom is -0.497 e. The number of anilines is 1. The van der Waals surface area contributed by atoms with Crippen molar-refractivity contribution in [2.75, 3.05) is 12.0 Å². The number of ether oxygens (including phenoxy) is 1. The molecule has 18 heavy (non-hydrogen) atoms. The predicted molar refractivity (Wildman–Crippen MR) is 62.8 cm³/mol. The normalized spacial score (nSPS) is 13.8. The molecule has 1 N–H and O–H groups in total. The van der Waals surface area contributed by atoms with E-state index in [2.05, 4.69) is 10.2 Å². The van der Waals surface area contributed by atoms with Crippen LogP contribution in [0.1, 0.15) is 5.82 Å². The zero-order valence-electron chi connectivity index (χ0n) is 9.58. The first-order chi connectivity index (χ1) is 8.70. The molecule has 2 heterocycles. The highest BCUT2D eigenvalue weighted by molar-refractivity contribution is 5.96. The fraction of sp³-hybridized carbons (Fsp3) is 0.182. The Morgan fingerprint density at radius 3 is 2.94 bits per heavy atom. The molecule has 1 aliphatic rings. The average molecular weight is 246 g/mol. The van der Waals surface area contributed by atoms with Crippen molar-refractivity contribution in [1.29, 1.82) is 0 Å². The Bertz CT molecular complexity index is 673. The molecule has 1 amide bonds. The summed E-state index contributed by atoms with van der Waals surface area (Å²) in [6.45, 7) is 0.269. The first-order valence-electron chi connectivity index (χ1n) is 5.33. The van der Waals surface area contributed by atoms with Crippen LogP contribution in [-0.4, -0.2) is 27.9 Å². The Hall–Kier alpha value is -2.57. The first kappa shape index (κ1) is 10.6. The Balaban J connectivity index is 2.01. The molecule has 0 bridgehead atoms. The number of benzene rings is 1. The summed E-state index contributed by atoms with van der Waals surface area (Å²) in [4.78, 5) is 24.9. The van der Waals surface area contributed by atoms with Crippen molar-refractivity contribution in [1.82, 2.24) is 14.8 Å². The minimum atomic E-state index is -0.514. The Kier molecular flexibility index (Phi) is 2.19. The number of amides is 1. The van der Waals surface area contributed by atoms with Crippen molar-refractivity contribution in [3.63, 3.8) is 0 Å². The van der Waals surface area contributed by atoms with Crippen molar-refractivity contribution in [2.24, 2.45) is 0 Å². The number of nitrogens with zero attached hydrogens (tertiary/aromatic N) is 3. The second-order valence-electron chi connectivity index (χ2n) is 3.85. The molecule has 0 aliphatic carbocycles. The molecule has 2 aromatic rings. The third kappa shape index (κ3) is 1.41. The molecular formula is C11H10N4O3. The molecular weight excluding hydrogens is 236 g/mol. The number of aromatic nitrogens is 3. The van der Waals surface area contributed by atoms with E-state index >= 15 is 0 Å². The van der Waals surface area contributed by atoms with Crippen LogP contribution in [0.2, 0.25) is 0 Å². The van der Waals surface area contributed by atoms with Crippen molar-refractivity contribution in [3.8, 4) is 5.75 Å². The summed E-state index contributed by atoms with van der Waals surface area (Å²) in [5.74, 6) is 1.06. The van der Waals surface area contributed by atoms with Gasteiger partial charge in [-0.1, -0.05) is 6.07 Å². The lowest BCUT2D eigenvalue weighted by Crippen LogP contribution is -2.31. The number of carbonyl (C=O) groups excluding carboxylic acids is 1. The van der Waals surface area contributed by atoms with Crippen LogP contribution >= 0.6 is 0 Å². The molecule has 0 atom stereocenters. The SMILES string of the molecule is COc1cccc(N2Cc3n[nH]c(=O)n3C2=O)c1. The van der Waals surface area contributed by atoms with Crippen LogP contribution in [-0.2, 0) is 6.54 Å². The van der Waals surface area contributed by atoms with Gasteiger partial charge in [0.1, 0.15) is 5.75 Å². The number of carbonyl (C=O) groups is 1. The Morgan fingerprint density at radius 2 is 2.22 bits per heavy atom. The molecule has 0 saturated carbocycles. The quantitative estimate of drug-likeness (QED) is 0.840. The monoisotopic (exact) mass is 246 g/mol. The lowest BCUT2D eigenvalue weighted by Gasteiger charge is -2.15. The van der Waals surface area contributed by atoms with Gasteiger partial charge in [0.2, 0.25) is 0 Å². The number of methoxy groups -OCH3 is 1. The highest BCUT2D eigenvalue weighted by Gasteiger charge is 2.31. The molecule has 0 fully saturated rings. The highest BCUT2D eigenvalue weighted by atomic mass is 16.5. The maximum atomic E-state index is 12.1. The van der Waals surface area contributed by atoms with E-state index in [4.69, 9.17) is 4.74 Å². The number of rotatable bonds is 2. The van der Waals surface area contributed by atoms with E-state index in [1.54, 1.807) is 31.4 Å². The average Bonchev–Trinajstić information content (AvgIpc) is 2.91. The Labute approximate surface area is 102 Å². The molecule has 7 nitrogen and oxygen atoms in total. The lowest BCUT2D eigenvalue weighted by atomic mass is 10.3. The summed E-state index contributed by atoms with van der Waals surface area (Å²) >= 11 is 0. The van der Waals surface area contributed by atoms with Gasteiger partial charge in [-0.3, -0.25) is 4.90 Å². The standard InChI is InChI=1S/C11H10N4O3/c1-18-8-4-2-3-7(5-8)14-6-9-12-13-10(16)15(9)11(14)17/h2-5H,6H2,1H3,(H,13,16). The van der Waals surface area contributed by atoms with Gasteiger partial charge in [0.25, 0.3) is 0 Å². The third-order valence-electron chi connectivity index (χ3n) is 2.83. The van der Waals surface area contributed by atoms with Gasteiger partial charge >= 0.3 is 11.7 Å². The summed E-state index contributed by atoms with van der Waals surface area (Å²) < 4.78 is 6.13. The van der Waals surface area contributed by atoms with E-state index in [9.17, 15) is 9.59 Å². The Morgan fingerprint density at radius 1 is 1.39 bits per heavy atom. The van der Waals surface area contributed by atoms with Crippen molar-refractivity contribution < 1.29 is 9.53 Å². The molecule has 7 heteroatoms. The molecule has 0 unspecified atom stereocenters. The van der Waals surface area contributed by atoms with E-state index in [1.807, 2.05) is 0 Å². The van der Waals surface area contributed by atoms with Gasteiger partial charge in [-0.25, -0.2) is 14.7 Å². The van der Waals surface area contributed by atoms with E-state index in [-0.39, 0.29) is 6.54 Å². The van der Waals surface area contributed by atoms with Crippen LogP contribution in [0, 0.1) is 0 Å². The zero-order valence-corrected chi connectivity index (χ0v) is 9.58. The molecule has 1 aliphatic heterocycles. The lowest BCUT2D eigenvalue weighted by molar-refractivity contribution is 0.250. The van der Waals surface area contributed by atoms with Crippen molar-refractivity contribution in [2.45, 2.75) is 6.54 Å². The predicted octanol–water partition coefficient (Wildman–Crippen LogP) is 0.568. The minimum absolute atomic E-state index is 0.269. The van der Waals surface area contributed by atoms with Gasteiger partial charge < -0.3 is 4.74 Å². The van der Waals surface area contributed by atoms with Crippen LogP contribution in [0.5, 0.6) is 5.75 Å². The van der Waals surface area contributed by atoms with Crippen LogP contribution in [0.25, 0.3) is 0 Å². The van der Waals surface area contributed by atoms with Crippen LogP contribution in [0.3, 0.4) is 0 Å². The van der Waals surface area contributed by atoms with E-state index in [0.29, 0.717) is 17.3 Å². The van der Waals surface area contributed by atoms with Crippen LogP contribution < -0.4 is 15.3 Å². The summed E-state index contributed by atoms with van der Waals surface area (Å²) in [5.41, 5.74) is 0.157. The number of fused-ring (bicyclic) bond motifs is 1. The molecule has 92 valence electrons. The summed E-state index contributed by atoms with van der Waals surface area (Å²) in [5, 5.41) is 6.05. The molecule has 0 radical (unpaired) electrons. The molecule has 1 aromatic heterocycles. The molecule has 1 aromatic carbocycles. The smallest absolute Gasteiger partial charge is 0.351 e. The second kappa shape index (κ2) is 3.73. The number of nitrogens with one attached hydrogen (secondary N) is 1. The zero-order chi connectivity index (χ0) is 12.7. The fourth-order valence-corrected chi connectivity index (χ4v) is 1.94. The maximum absolute atomic E-state index is 12.1. The molecule has 0 saturated heterocycles. The highest BCUT2D eigenvalue weighted by Crippen LogP contribution is 2.25. The second-order valence-corrected chi connectivity index (χ2v) is 3.85. The van der Waals surface area contributed by atoms with Gasteiger partial charge in [-0.15, -0.1) is 0 Å². The number of aromatic amines is 1. The van der Waals surface area contributed by atoms with Crippen molar-refractivity contribution >= 4 is 11.7 Å². The number of hydrogen-bond acceptors (Lipinski definition) is 4. The molecule has 3 rings (SSSR count). The largest absolute Gasteiger partial charge is 0.497 e. The van der Waals surface area contributed by atoms with Gasteiger partial charge in [0.15, 0.2) is 5.82 Å². The summed E-state index contributed by atoms with van der Waals surface area (Å²) in [6.07, 6.45) is 0. The summed E-state index contributed by atoms with van der Waals surface area (Å²) in [7, 11) is 1.56. The number of hydrogen-bond donors (Lipinski definition) is 1. The third-order valence-corrected chi connectivity index (χ3v) is 2.83. The van der Waals surface area contributed by atoms with Gasteiger partial charge in [-0.2, -0.15) is 9.67 Å². The van der Waals surface area contributed by atoms with Crippen LogP contribution in [0.15, 0.2) is 29.1 Å². The van der Waals surface area contributed by atoms with Gasteiger partial charge in [0.05, 0.1) is 13.7 Å². The van der Waals surface area contributed by atoms with E-state index in [0.717, 1.165) is 4.57 Å². The van der Waals surface area contributed by atoms with Gasteiger partial charge in [-0.05, 0) is 12.1 Å². The number of H-pyrrole nitrogens is 1. The summed E-state index contributed by atoms with van der Waals surface area (Å²) in [6, 6.07) is 6.68. The first-order valence-corrected chi connectivity index (χ1v) is 5.33. The maximum Gasteiger partial charge on any atom is 0.351 e. The topological polar surface area (TPSA) is 80.2 Å². The fourth-order valence-electron chi connectivity index (χ4n) is 1.94. The van der Waals surface area contributed by atoms with E-state index < -0.39 is 11.7 Å². The molecule has 0 spiro atoms. The van der Waals surface area contributed by atoms with Crippen LogP contribution in [0.4, 0.5) is 10.5 Å².